The van der Waals surface area contributed by atoms with Gasteiger partial charge in [-0.3, -0.25) is 4.79 Å². The van der Waals surface area contributed by atoms with Gasteiger partial charge < -0.3 is 10.2 Å². The molecule has 3 aromatic rings. The van der Waals surface area contributed by atoms with Crippen LogP contribution in [0.4, 0.5) is 0 Å². The monoisotopic (exact) mass is 332 g/mol. The zero-order valence-electron chi connectivity index (χ0n) is 13.3. The molecule has 0 fully saturated rings. The van der Waals surface area contributed by atoms with E-state index in [1.54, 1.807) is 72.8 Å². The summed E-state index contributed by atoms with van der Waals surface area (Å²) in [4.78, 5) is 24.8. The molecule has 0 radical (unpaired) electrons. The van der Waals surface area contributed by atoms with Crippen LogP contribution in [-0.2, 0) is 5.60 Å². The van der Waals surface area contributed by atoms with Gasteiger partial charge in [0, 0.05) is 5.56 Å². The number of carbonyl (C=O) groups excluding carboxylic acids is 1. The second-order valence-corrected chi connectivity index (χ2v) is 5.62. The molecule has 0 spiro atoms. The largest absolute Gasteiger partial charge is 0.478 e. The predicted molar refractivity (Wildman–Crippen MR) is 93.6 cm³/mol. The van der Waals surface area contributed by atoms with Crippen molar-refractivity contribution in [3.63, 3.8) is 0 Å². The van der Waals surface area contributed by atoms with Gasteiger partial charge in [-0.1, -0.05) is 78.9 Å². The summed E-state index contributed by atoms with van der Waals surface area (Å²) in [6.45, 7) is 0. The molecule has 0 unspecified atom stereocenters. The Hall–Kier alpha value is -3.24. The molecule has 3 rings (SSSR count). The molecule has 0 heterocycles. The molecule has 0 amide bonds. The first kappa shape index (κ1) is 16.6. The van der Waals surface area contributed by atoms with E-state index in [1.165, 1.54) is 12.1 Å². The third-order valence-corrected chi connectivity index (χ3v) is 4.11. The van der Waals surface area contributed by atoms with Gasteiger partial charge in [-0.05, 0) is 17.2 Å². The lowest BCUT2D eigenvalue weighted by atomic mass is 9.79. The van der Waals surface area contributed by atoms with E-state index in [4.69, 9.17) is 0 Å². The van der Waals surface area contributed by atoms with Crippen LogP contribution in [0.5, 0.6) is 0 Å². The van der Waals surface area contributed by atoms with Crippen LogP contribution in [0.1, 0.15) is 31.8 Å². The summed E-state index contributed by atoms with van der Waals surface area (Å²) in [6.07, 6.45) is 0. The zero-order chi connectivity index (χ0) is 17.9. The van der Waals surface area contributed by atoms with Gasteiger partial charge in [0.2, 0.25) is 5.78 Å². The summed E-state index contributed by atoms with van der Waals surface area (Å²) in [6, 6.07) is 22.9. The van der Waals surface area contributed by atoms with E-state index < -0.39 is 17.4 Å². The smallest absolute Gasteiger partial charge is 0.336 e. The number of Topliss-reactive ketones (excluding diaryl/α,β-unsaturated/α-hetero) is 1. The summed E-state index contributed by atoms with van der Waals surface area (Å²) < 4.78 is 0. The number of hydrogen-bond acceptors (Lipinski definition) is 3. The first-order valence-corrected chi connectivity index (χ1v) is 7.75. The number of carboxylic acid groups (broad SMARTS) is 1. The van der Waals surface area contributed by atoms with Crippen molar-refractivity contribution in [2.45, 2.75) is 5.60 Å². The molecule has 0 bridgehead atoms. The Morgan fingerprint density at radius 3 is 1.48 bits per heavy atom. The number of aromatic carboxylic acids is 1. The van der Waals surface area contributed by atoms with E-state index in [2.05, 4.69) is 0 Å². The minimum absolute atomic E-state index is 0.0368. The Morgan fingerprint density at radius 1 is 0.640 bits per heavy atom. The van der Waals surface area contributed by atoms with Crippen molar-refractivity contribution in [3.8, 4) is 0 Å². The van der Waals surface area contributed by atoms with Crippen LogP contribution in [0.2, 0.25) is 0 Å². The third-order valence-electron chi connectivity index (χ3n) is 4.11. The van der Waals surface area contributed by atoms with Crippen molar-refractivity contribution >= 4 is 11.8 Å². The number of rotatable bonds is 5. The van der Waals surface area contributed by atoms with Gasteiger partial charge in [-0.2, -0.15) is 0 Å². The SMILES string of the molecule is O=C(O)c1ccccc1C(=O)C(O)(c1ccccc1)c1ccccc1. The lowest BCUT2D eigenvalue weighted by molar-refractivity contribution is 0.0481. The highest BCUT2D eigenvalue weighted by atomic mass is 16.4. The van der Waals surface area contributed by atoms with E-state index in [9.17, 15) is 19.8 Å². The van der Waals surface area contributed by atoms with Crippen molar-refractivity contribution in [2.24, 2.45) is 0 Å². The molecular formula is C21H16O4. The first-order valence-electron chi connectivity index (χ1n) is 7.75. The summed E-state index contributed by atoms with van der Waals surface area (Å²) in [5.41, 5.74) is -1.39. The van der Waals surface area contributed by atoms with E-state index in [1.807, 2.05) is 0 Å². The minimum Gasteiger partial charge on any atom is -0.478 e. The van der Waals surface area contributed by atoms with Gasteiger partial charge in [-0.15, -0.1) is 0 Å². The van der Waals surface area contributed by atoms with E-state index in [0.717, 1.165) is 0 Å². The maximum Gasteiger partial charge on any atom is 0.336 e. The van der Waals surface area contributed by atoms with Crippen LogP contribution < -0.4 is 0 Å². The second-order valence-electron chi connectivity index (χ2n) is 5.62. The van der Waals surface area contributed by atoms with Gasteiger partial charge in [-0.25, -0.2) is 4.79 Å². The van der Waals surface area contributed by atoms with Crippen molar-refractivity contribution in [1.29, 1.82) is 0 Å². The molecule has 124 valence electrons. The summed E-state index contributed by atoms with van der Waals surface area (Å²) in [5.74, 6) is -1.89. The van der Waals surface area contributed by atoms with Crippen LogP contribution in [-0.4, -0.2) is 22.0 Å². The summed E-state index contributed by atoms with van der Waals surface area (Å²) >= 11 is 0. The summed E-state index contributed by atoms with van der Waals surface area (Å²) in [7, 11) is 0. The van der Waals surface area contributed by atoms with Crippen molar-refractivity contribution in [1.82, 2.24) is 0 Å². The number of hydrogen-bond donors (Lipinski definition) is 2. The lowest BCUT2D eigenvalue weighted by Crippen LogP contribution is -2.38. The van der Waals surface area contributed by atoms with E-state index >= 15 is 0 Å². The Balaban J connectivity index is 2.24. The number of aliphatic hydroxyl groups is 1. The van der Waals surface area contributed by atoms with Crippen LogP contribution in [0.25, 0.3) is 0 Å². The standard InChI is InChI=1S/C21H16O4/c22-19(17-13-7-8-14-18(17)20(23)24)21(25,15-9-3-1-4-10-15)16-11-5-2-6-12-16/h1-14,25H,(H,23,24). The fourth-order valence-electron chi connectivity index (χ4n) is 2.85. The van der Waals surface area contributed by atoms with Crippen molar-refractivity contribution in [3.05, 3.63) is 107 Å². The molecule has 0 aliphatic rings. The van der Waals surface area contributed by atoms with Crippen LogP contribution in [0.3, 0.4) is 0 Å². The molecule has 25 heavy (non-hydrogen) atoms. The molecule has 0 atom stereocenters. The highest BCUT2D eigenvalue weighted by Crippen LogP contribution is 2.34. The van der Waals surface area contributed by atoms with E-state index in [-0.39, 0.29) is 11.1 Å². The Labute approximate surface area is 145 Å². The fourth-order valence-corrected chi connectivity index (χ4v) is 2.85. The number of carboxylic acids is 1. The average molecular weight is 332 g/mol. The third kappa shape index (κ3) is 2.95. The maximum absolute atomic E-state index is 13.3. The molecule has 2 N–H and O–H groups in total. The van der Waals surface area contributed by atoms with Gasteiger partial charge in [0.15, 0.2) is 5.60 Å². The fraction of sp³-hybridized carbons (Fsp3) is 0.0476. The Kier molecular flexibility index (Phi) is 4.46. The number of ketones is 1. The van der Waals surface area contributed by atoms with Crippen LogP contribution in [0.15, 0.2) is 84.9 Å². The average Bonchev–Trinajstić information content (AvgIpc) is 2.68. The highest BCUT2D eigenvalue weighted by Gasteiger charge is 2.41. The Morgan fingerprint density at radius 2 is 1.04 bits per heavy atom. The molecular weight excluding hydrogens is 316 g/mol. The topological polar surface area (TPSA) is 74.6 Å². The highest BCUT2D eigenvalue weighted by molar-refractivity contribution is 6.11. The Bertz CT molecular complexity index is 862. The number of carbonyl (C=O) groups is 2. The molecule has 0 aliphatic heterocycles. The zero-order valence-corrected chi connectivity index (χ0v) is 13.3. The quantitative estimate of drug-likeness (QED) is 0.701. The maximum atomic E-state index is 13.3. The van der Waals surface area contributed by atoms with Crippen molar-refractivity contribution < 1.29 is 19.8 Å². The minimum atomic E-state index is -1.98. The predicted octanol–water partition coefficient (Wildman–Crippen LogP) is 3.50. The molecule has 0 saturated carbocycles. The first-order chi connectivity index (χ1) is 12.0. The van der Waals surface area contributed by atoms with Gasteiger partial charge in [0.1, 0.15) is 0 Å². The number of benzene rings is 3. The normalized spacial score (nSPS) is 11.1. The van der Waals surface area contributed by atoms with Gasteiger partial charge in [0.25, 0.3) is 0 Å². The van der Waals surface area contributed by atoms with Crippen LogP contribution >= 0.6 is 0 Å². The van der Waals surface area contributed by atoms with Crippen LogP contribution in [0, 0.1) is 0 Å². The molecule has 0 aliphatic carbocycles. The molecule has 3 aromatic carbocycles. The van der Waals surface area contributed by atoms with Crippen molar-refractivity contribution in [2.75, 3.05) is 0 Å². The lowest BCUT2D eigenvalue weighted by Gasteiger charge is -2.28. The second kappa shape index (κ2) is 6.71. The molecule has 0 aromatic heterocycles. The molecule has 4 nitrogen and oxygen atoms in total. The summed E-state index contributed by atoms with van der Waals surface area (Å²) in [5, 5.41) is 20.8. The molecule has 4 heteroatoms. The molecule has 0 saturated heterocycles. The van der Waals surface area contributed by atoms with Gasteiger partial charge in [0.05, 0.1) is 5.56 Å². The van der Waals surface area contributed by atoms with E-state index in [0.29, 0.717) is 11.1 Å². The van der Waals surface area contributed by atoms with Gasteiger partial charge >= 0.3 is 5.97 Å².